The Kier molecular flexibility index (Phi) is 3.47. The Morgan fingerprint density at radius 1 is 0.905 bits per heavy atom. The van der Waals surface area contributed by atoms with Gasteiger partial charge in [0.2, 0.25) is 0 Å². The van der Waals surface area contributed by atoms with Crippen LogP contribution in [0.5, 0.6) is 0 Å². The highest BCUT2D eigenvalue weighted by Gasteiger charge is 2.03. The second-order valence-electron chi connectivity index (χ2n) is 4.54. The molecule has 0 atom stereocenters. The zero-order valence-electron chi connectivity index (χ0n) is 11.1. The van der Waals surface area contributed by atoms with Crippen molar-refractivity contribution in [3.63, 3.8) is 0 Å². The van der Waals surface area contributed by atoms with Crippen LogP contribution in [0, 0.1) is 5.82 Å². The lowest BCUT2D eigenvalue weighted by Gasteiger charge is -2.07. The Morgan fingerprint density at radius 2 is 1.62 bits per heavy atom. The van der Waals surface area contributed by atoms with Crippen LogP contribution in [-0.2, 0) is 0 Å². The average molecular weight is 280 g/mol. The number of benzene rings is 2. The quantitative estimate of drug-likeness (QED) is 0.719. The van der Waals surface area contributed by atoms with Crippen LogP contribution in [0.3, 0.4) is 0 Å². The third kappa shape index (κ3) is 3.14. The molecule has 0 saturated heterocycles. The average Bonchev–Trinajstić information content (AvgIpc) is 2.51. The molecule has 0 bridgehead atoms. The molecular formula is C16H13FN4. The Morgan fingerprint density at radius 3 is 2.33 bits per heavy atom. The monoisotopic (exact) mass is 280 g/mol. The molecule has 3 aromatic rings. The molecule has 3 N–H and O–H groups in total. The normalized spacial score (nSPS) is 10.3. The summed E-state index contributed by atoms with van der Waals surface area (Å²) in [6.45, 7) is 0. The van der Waals surface area contributed by atoms with Gasteiger partial charge in [0.15, 0.2) is 0 Å². The van der Waals surface area contributed by atoms with Crippen LogP contribution in [-0.4, -0.2) is 9.97 Å². The molecule has 1 aromatic heterocycles. The number of aromatic nitrogens is 2. The van der Waals surface area contributed by atoms with E-state index in [2.05, 4.69) is 15.3 Å². The van der Waals surface area contributed by atoms with Gasteiger partial charge < -0.3 is 11.1 Å². The zero-order valence-corrected chi connectivity index (χ0v) is 11.1. The van der Waals surface area contributed by atoms with Gasteiger partial charge in [0.1, 0.15) is 18.0 Å². The summed E-state index contributed by atoms with van der Waals surface area (Å²) >= 11 is 0. The number of rotatable bonds is 3. The van der Waals surface area contributed by atoms with Gasteiger partial charge in [0, 0.05) is 23.0 Å². The number of nitrogens with one attached hydrogen (secondary N) is 1. The molecule has 0 saturated carbocycles. The fourth-order valence-electron chi connectivity index (χ4n) is 1.92. The molecule has 1 heterocycles. The molecular weight excluding hydrogens is 267 g/mol. The molecule has 104 valence electrons. The van der Waals surface area contributed by atoms with E-state index in [0.29, 0.717) is 11.5 Å². The Labute approximate surface area is 121 Å². The van der Waals surface area contributed by atoms with E-state index >= 15 is 0 Å². The van der Waals surface area contributed by atoms with Crippen LogP contribution >= 0.6 is 0 Å². The number of nitrogen functional groups attached to an aromatic ring is 1. The molecule has 0 spiro atoms. The van der Waals surface area contributed by atoms with Crippen molar-refractivity contribution >= 4 is 17.2 Å². The number of hydrogen-bond donors (Lipinski definition) is 2. The molecule has 0 aliphatic rings. The lowest BCUT2D eigenvalue weighted by atomic mass is 10.1. The molecule has 0 unspecified atom stereocenters. The summed E-state index contributed by atoms with van der Waals surface area (Å²) in [5, 5.41) is 3.17. The minimum atomic E-state index is -0.270. The molecule has 4 nitrogen and oxygen atoms in total. The molecule has 21 heavy (non-hydrogen) atoms. The van der Waals surface area contributed by atoms with Crippen LogP contribution in [0.15, 0.2) is 60.9 Å². The van der Waals surface area contributed by atoms with E-state index in [0.717, 1.165) is 16.9 Å². The zero-order chi connectivity index (χ0) is 14.7. The number of hydrogen-bond acceptors (Lipinski definition) is 4. The topological polar surface area (TPSA) is 63.8 Å². The molecule has 0 radical (unpaired) electrons. The van der Waals surface area contributed by atoms with Crippen molar-refractivity contribution in [2.75, 3.05) is 11.1 Å². The van der Waals surface area contributed by atoms with E-state index in [1.165, 1.54) is 18.5 Å². The van der Waals surface area contributed by atoms with Gasteiger partial charge in [-0.05, 0) is 48.5 Å². The minimum Gasteiger partial charge on any atom is -0.399 e. The van der Waals surface area contributed by atoms with Gasteiger partial charge in [0.25, 0.3) is 0 Å². The Balaban J connectivity index is 1.86. The van der Waals surface area contributed by atoms with Crippen molar-refractivity contribution in [3.8, 4) is 11.3 Å². The largest absolute Gasteiger partial charge is 0.399 e. The first-order valence-electron chi connectivity index (χ1n) is 6.41. The van der Waals surface area contributed by atoms with Gasteiger partial charge in [-0.25, -0.2) is 14.4 Å². The number of anilines is 3. The van der Waals surface area contributed by atoms with Gasteiger partial charge in [-0.3, -0.25) is 0 Å². The summed E-state index contributed by atoms with van der Waals surface area (Å²) in [7, 11) is 0. The summed E-state index contributed by atoms with van der Waals surface area (Å²) < 4.78 is 12.9. The molecule has 0 amide bonds. The highest BCUT2D eigenvalue weighted by molar-refractivity contribution is 5.65. The van der Waals surface area contributed by atoms with Gasteiger partial charge in [0.05, 0.1) is 5.69 Å². The summed E-state index contributed by atoms with van der Waals surface area (Å²) in [6.07, 6.45) is 1.47. The van der Waals surface area contributed by atoms with Crippen LogP contribution in [0.1, 0.15) is 0 Å². The first-order chi connectivity index (χ1) is 10.2. The third-order valence-electron chi connectivity index (χ3n) is 2.99. The lowest BCUT2D eigenvalue weighted by Crippen LogP contribution is -1.96. The highest BCUT2D eigenvalue weighted by Crippen LogP contribution is 2.21. The first-order valence-corrected chi connectivity index (χ1v) is 6.41. The smallest absolute Gasteiger partial charge is 0.134 e. The van der Waals surface area contributed by atoms with Gasteiger partial charge in [-0.2, -0.15) is 0 Å². The molecule has 5 heteroatoms. The van der Waals surface area contributed by atoms with Crippen LogP contribution in [0.2, 0.25) is 0 Å². The first kappa shape index (κ1) is 13.1. The van der Waals surface area contributed by atoms with Crippen molar-refractivity contribution in [1.29, 1.82) is 0 Å². The van der Waals surface area contributed by atoms with E-state index in [1.807, 2.05) is 30.3 Å². The third-order valence-corrected chi connectivity index (χ3v) is 2.99. The van der Waals surface area contributed by atoms with Crippen molar-refractivity contribution < 1.29 is 4.39 Å². The lowest BCUT2D eigenvalue weighted by molar-refractivity contribution is 0.628. The van der Waals surface area contributed by atoms with E-state index in [1.54, 1.807) is 12.1 Å². The summed E-state index contributed by atoms with van der Waals surface area (Å²) in [6, 6.07) is 15.4. The predicted molar refractivity (Wildman–Crippen MR) is 81.6 cm³/mol. The predicted octanol–water partition coefficient (Wildman–Crippen LogP) is 3.61. The molecule has 0 aliphatic heterocycles. The van der Waals surface area contributed by atoms with E-state index in [9.17, 15) is 4.39 Å². The van der Waals surface area contributed by atoms with Gasteiger partial charge in [-0.15, -0.1) is 0 Å². The second-order valence-corrected chi connectivity index (χ2v) is 4.54. The van der Waals surface area contributed by atoms with Crippen LogP contribution in [0.25, 0.3) is 11.3 Å². The van der Waals surface area contributed by atoms with E-state index < -0.39 is 0 Å². The maximum Gasteiger partial charge on any atom is 0.134 e. The maximum absolute atomic E-state index is 12.9. The van der Waals surface area contributed by atoms with E-state index in [4.69, 9.17) is 5.73 Å². The summed E-state index contributed by atoms with van der Waals surface area (Å²) in [5.74, 6) is 0.391. The molecule has 0 aliphatic carbocycles. The van der Waals surface area contributed by atoms with Crippen molar-refractivity contribution in [2.45, 2.75) is 0 Å². The minimum absolute atomic E-state index is 0.270. The molecule has 2 aromatic carbocycles. The van der Waals surface area contributed by atoms with Crippen molar-refractivity contribution in [3.05, 3.63) is 66.7 Å². The SMILES string of the molecule is Nc1ccc(Nc2cc(-c3ccc(F)cc3)ncn2)cc1. The van der Waals surface area contributed by atoms with E-state index in [-0.39, 0.29) is 5.82 Å². The van der Waals surface area contributed by atoms with Crippen LogP contribution in [0.4, 0.5) is 21.6 Å². The number of nitrogens with two attached hydrogens (primary N) is 1. The Hall–Kier alpha value is -2.95. The molecule has 3 rings (SSSR count). The fraction of sp³-hybridized carbons (Fsp3) is 0. The van der Waals surface area contributed by atoms with Gasteiger partial charge in [-0.1, -0.05) is 0 Å². The fourth-order valence-corrected chi connectivity index (χ4v) is 1.92. The van der Waals surface area contributed by atoms with Crippen molar-refractivity contribution in [2.24, 2.45) is 0 Å². The Bertz CT molecular complexity index is 739. The summed E-state index contributed by atoms with van der Waals surface area (Å²) in [4.78, 5) is 8.37. The standard InChI is InChI=1S/C16H13FN4/c17-12-3-1-11(2-4-12)15-9-16(20-10-19-15)21-14-7-5-13(18)6-8-14/h1-10H,18H2,(H,19,20,21). The number of nitrogens with zero attached hydrogens (tertiary/aromatic N) is 2. The summed E-state index contributed by atoms with van der Waals surface area (Å²) in [5.41, 5.74) is 8.79. The van der Waals surface area contributed by atoms with Crippen LogP contribution < -0.4 is 11.1 Å². The van der Waals surface area contributed by atoms with Gasteiger partial charge >= 0.3 is 0 Å². The molecule has 0 fully saturated rings. The van der Waals surface area contributed by atoms with Crippen molar-refractivity contribution in [1.82, 2.24) is 9.97 Å². The second kappa shape index (κ2) is 5.58. The number of halogens is 1. The maximum atomic E-state index is 12.9. The highest BCUT2D eigenvalue weighted by atomic mass is 19.1.